The Labute approximate surface area is 198 Å². The predicted octanol–water partition coefficient (Wildman–Crippen LogP) is 3.30. The third-order valence-electron chi connectivity index (χ3n) is 4.69. The maximum absolute atomic E-state index is 13.7. The minimum atomic E-state index is -0.587. The van der Waals surface area contributed by atoms with E-state index >= 15 is 0 Å². The zero-order chi connectivity index (χ0) is 24.0. The largest absolute Gasteiger partial charge is 0.489 e. The summed E-state index contributed by atoms with van der Waals surface area (Å²) in [6.07, 6.45) is 2.45. The number of carbonyl (C=O) groups is 1. The fourth-order valence-corrected chi connectivity index (χ4v) is 3.53. The summed E-state index contributed by atoms with van der Waals surface area (Å²) in [5, 5.41) is 8.00. The van der Waals surface area contributed by atoms with Crippen LogP contribution in [0, 0.1) is 5.82 Å². The van der Waals surface area contributed by atoms with Gasteiger partial charge in [0, 0.05) is 42.8 Å². The monoisotopic (exact) mass is 495 g/mol. The number of aromatic nitrogens is 3. The average Bonchev–Trinajstić information content (AvgIpc) is 2.81. The number of rotatable bonds is 10. The number of carbonyl (C=O) groups excluding carboxylic acids is 1. The van der Waals surface area contributed by atoms with Gasteiger partial charge in [-0.1, -0.05) is 23.2 Å². The lowest BCUT2D eigenvalue weighted by atomic mass is 10.1. The molecule has 3 aromatic rings. The standard InChI is InChI=1S/C21H20Cl2FN5O4/c1-32-6-4-12-8-13(10-26-21(12)31)29(11-30)18-9-17(20(25)28-27-18)33-7-5-14-15(22)2-3-16(24)19(14)23/h2-3,8-11H,4-7H2,1H3,(H2,25,28)(H,26,31). The van der Waals surface area contributed by atoms with Crippen LogP contribution in [0.3, 0.4) is 0 Å². The van der Waals surface area contributed by atoms with E-state index in [1.807, 2.05) is 0 Å². The molecular weight excluding hydrogens is 476 g/mol. The first-order chi connectivity index (χ1) is 15.8. The number of nitrogen functional groups attached to an aromatic ring is 1. The molecule has 0 atom stereocenters. The van der Waals surface area contributed by atoms with Crippen molar-refractivity contribution >= 4 is 46.9 Å². The van der Waals surface area contributed by atoms with E-state index in [-0.39, 0.29) is 41.0 Å². The maximum atomic E-state index is 13.7. The van der Waals surface area contributed by atoms with E-state index < -0.39 is 5.82 Å². The zero-order valence-electron chi connectivity index (χ0n) is 17.5. The second kappa shape index (κ2) is 11.1. The zero-order valence-corrected chi connectivity index (χ0v) is 19.0. The van der Waals surface area contributed by atoms with Crippen molar-refractivity contribution in [3.05, 3.63) is 67.8 Å². The number of pyridine rings is 1. The summed E-state index contributed by atoms with van der Waals surface area (Å²) in [6.45, 7) is 0.395. The molecule has 9 nitrogen and oxygen atoms in total. The molecule has 0 aliphatic rings. The molecular formula is C21H20Cl2FN5O4. The van der Waals surface area contributed by atoms with Gasteiger partial charge < -0.3 is 20.2 Å². The number of H-pyrrole nitrogens is 1. The highest BCUT2D eigenvalue weighted by Gasteiger charge is 2.16. The molecule has 3 rings (SSSR count). The molecule has 0 aliphatic heterocycles. The van der Waals surface area contributed by atoms with Crippen molar-refractivity contribution in [2.24, 2.45) is 0 Å². The fourth-order valence-electron chi connectivity index (χ4n) is 2.97. The lowest BCUT2D eigenvalue weighted by molar-refractivity contribution is -0.106. The molecule has 0 spiro atoms. The van der Waals surface area contributed by atoms with Gasteiger partial charge in [-0.15, -0.1) is 10.2 Å². The van der Waals surface area contributed by atoms with E-state index in [0.717, 1.165) is 0 Å². The van der Waals surface area contributed by atoms with Crippen molar-refractivity contribution in [3.63, 3.8) is 0 Å². The van der Waals surface area contributed by atoms with Crippen LogP contribution < -0.4 is 20.9 Å². The SMILES string of the molecule is COCCc1cc(N(C=O)c2cc(OCCc3c(Cl)ccc(F)c3Cl)c(N)nn2)c[nH]c1=O. The molecule has 2 heterocycles. The van der Waals surface area contributed by atoms with Crippen LogP contribution in [0.25, 0.3) is 0 Å². The number of nitrogens with one attached hydrogen (secondary N) is 1. The summed E-state index contributed by atoms with van der Waals surface area (Å²) >= 11 is 12.1. The minimum Gasteiger partial charge on any atom is -0.489 e. The number of aromatic amines is 1. The quantitative estimate of drug-likeness (QED) is 0.326. The van der Waals surface area contributed by atoms with Crippen molar-refractivity contribution < 1.29 is 18.7 Å². The smallest absolute Gasteiger partial charge is 0.251 e. The minimum absolute atomic E-state index is 0.0108. The molecule has 3 N–H and O–H groups in total. The van der Waals surface area contributed by atoms with Crippen LogP contribution in [0.1, 0.15) is 11.1 Å². The van der Waals surface area contributed by atoms with Crippen LogP contribution in [0.2, 0.25) is 10.0 Å². The molecule has 0 bridgehead atoms. The van der Waals surface area contributed by atoms with Crippen molar-refractivity contribution in [3.8, 4) is 5.75 Å². The Morgan fingerprint density at radius 2 is 2.00 bits per heavy atom. The van der Waals surface area contributed by atoms with Gasteiger partial charge in [-0.25, -0.2) is 4.39 Å². The number of ether oxygens (including phenoxy) is 2. The molecule has 1 aromatic carbocycles. The Balaban J connectivity index is 1.81. The maximum Gasteiger partial charge on any atom is 0.251 e. The number of halogens is 3. The van der Waals surface area contributed by atoms with E-state index in [4.69, 9.17) is 38.4 Å². The van der Waals surface area contributed by atoms with E-state index in [2.05, 4.69) is 15.2 Å². The lowest BCUT2D eigenvalue weighted by Gasteiger charge is -2.18. The Morgan fingerprint density at radius 3 is 2.73 bits per heavy atom. The molecule has 0 saturated heterocycles. The molecule has 0 unspecified atom stereocenters. The first-order valence-electron chi connectivity index (χ1n) is 9.69. The summed E-state index contributed by atoms with van der Waals surface area (Å²) in [7, 11) is 1.53. The second-order valence-corrected chi connectivity index (χ2v) is 7.59. The Morgan fingerprint density at radius 1 is 1.21 bits per heavy atom. The van der Waals surface area contributed by atoms with Gasteiger partial charge in [0.2, 0.25) is 6.41 Å². The van der Waals surface area contributed by atoms with Gasteiger partial charge in [-0.05, 0) is 23.8 Å². The van der Waals surface area contributed by atoms with Gasteiger partial charge in [0.25, 0.3) is 5.56 Å². The van der Waals surface area contributed by atoms with Crippen LogP contribution in [-0.4, -0.2) is 41.9 Å². The number of nitrogens with zero attached hydrogens (tertiary/aromatic N) is 3. The number of amides is 1. The summed E-state index contributed by atoms with van der Waals surface area (Å²) in [6, 6.07) is 5.56. The Bertz CT molecular complexity index is 1210. The second-order valence-electron chi connectivity index (χ2n) is 6.80. The predicted molar refractivity (Wildman–Crippen MR) is 123 cm³/mol. The number of anilines is 3. The van der Waals surface area contributed by atoms with Crippen LogP contribution in [0.4, 0.5) is 21.7 Å². The van der Waals surface area contributed by atoms with Crippen LogP contribution >= 0.6 is 23.2 Å². The average molecular weight is 496 g/mol. The van der Waals surface area contributed by atoms with E-state index in [1.165, 1.54) is 36.4 Å². The normalized spacial score (nSPS) is 10.8. The number of hydrogen-bond donors (Lipinski definition) is 2. The van der Waals surface area contributed by atoms with Gasteiger partial charge in [-0.3, -0.25) is 14.5 Å². The molecule has 33 heavy (non-hydrogen) atoms. The van der Waals surface area contributed by atoms with Crippen molar-refractivity contribution in [1.29, 1.82) is 0 Å². The molecule has 0 aliphatic carbocycles. The number of hydrogen-bond acceptors (Lipinski definition) is 7. The van der Waals surface area contributed by atoms with Crippen molar-refractivity contribution in [2.75, 3.05) is 31.0 Å². The summed E-state index contributed by atoms with van der Waals surface area (Å²) in [4.78, 5) is 27.6. The molecule has 0 saturated carbocycles. The summed E-state index contributed by atoms with van der Waals surface area (Å²) < 4.78 is 24.4. The van der Waals surface area contributed by atoms with Gasteiger partial charge in [0.15, 0.2) is 17.4 Å². The first kappa shape index (κ1) is 24.4. The van der Waals surface area contributed by atoms with Crippen LogP contribution in [0.15, 0.2) is 35.3 Å². The van der Waals surface area contributed by atoms with Gasteiger partial charge in [-0.2, -0.15) is 0 Å². The van der Waals surface area contributed by atoms with Gasteiger partial charge >= 0.3 is 0 Å². The highest BCUT2D eigenvalue weighted by atomic mass is 35.5. The molecule has 0 radical (unpaired) electrons. The summed E-state index contributed by atoms with van der Waals surface area (Å²) in [5.41, 5.74) is 6.75. The number of nitrogens with two attached hydrogens (primary N) is 1. The van der Waals surface area contributed by atoms with Gasteiger partial charge in [0.05, 0.1) is 23.9 Å². The lowest BCUT2D eigenvalue weighted by Crippen LogP contribution is -2.21. The summed E-state index contributed by atoms with van der Waals surface area (Å²) in [5.74, 6) is -0.334. The van der Waals surface area contributed by atoms with Crippen LogP contribution in [0.5, 0.6) is 5.75 Å². The third-order valence-corrected chi connectivity index (χ3v) is 5.45. The molecule has 0 fully saturated rings. The van der Waals surface area contributed by atoms with Crippen molar-refractivity contribution in [1.82, 2.24) is 15.2 Å². The number of benzene rings is 1. The van der Waals surface area contributed by atoms with Gasteiger partial charge in [0.1, 0.15) is 5.82 Å². The number of methoxy groups -OCH3 is 1. The molecule has 174 valence electrons. The fraction of sp³-hybridized carbons (Fsp3) is 0.238. The Kier molecular flexibility index (Phi) is 8.21. The highest BCUT2D eigenvalue weighted by molar-refractivity contribution is 6.36. The molecule has 12 heteroatoms. The van der Waals surface area contributed by atoms with E-state index in [1.54, 1.807) is 6.07 Å². The first-order valence-corrected chi connectivity index (χ1v) is 10.4. The molecule has 1 amide bonds. The van der Waals surface area contributed by atoms with Crippen LogP contribution in [-0.2, 0) is 22.4 Å². The molecule has 2 aromatic heterocycles. The third kappa shape index (κ3) is 5.78. The van der Waals surface area contributed by atoms with Crippen molar-refractivity contribution in [2.45, 2.75) is 12.8 Å². The van der Waals surface area contributed by atoms with E-state index in [9.17, 15) is 14.0 Å². The topological polar surface area (TPSA) is 123 Å². The Hall–Kier alpha value is -3.21. The van der Waals surface area contributed by atoms with E-state index in [0.29, 0.717) is 41.3 Å². The highest BCUT2D eigenvalue weighted by Crippen LogP contribution is 2.30.